The fraction of sp³-hybridized carbons (Fsp3) is 0.205. The van der Waals surface area contributed by atoms with Gasteiger partial charge in [0.05, 0.1) is 74.5 Å². The van der Waals surface area contributed by atoms with Crippen molar-refractivity contribution in [3.05, 3.63) is 78.9 Å². The number of anilines is 3. The first-order chi connectivity index (χ1) is 40.5. The second kappa shape index (κ2) is 30.1. The Balaban J connectivity index is 1.70. The molecule has 0 aliphatic carbocycles. The summed E-state index contributed by atoms with van der Waals surface area (Å²) in [4.78, 5) is 7.17. The van der Waals surface area contributed by atoms with E-state index in [1.165, 1.54) is 19.2 Å². The predicted octanol–water partition coefficient (Wildman–Crippen LogP) is 6.81. The lowest BCUT2D eigenvalue weighted by atomic mass is 10.1. The molecular weight excluding hydrogens is 1360 g/mol. The maximum atomic E-state index is 13.1. The van der Waals surface area contributed by atoms with Crippen LogP contribution in [0.1, 0.15) is 6.92 Å². The molecule has 0 saturated heterocycles. The zero-order chi connectivity index (χ0) is 64.8. The molecule has 5 rings (SSSR count). The number of benzene rings is 5. The minimum absolute atomic E-state index is 0.0335. The van der Waals surface area contributed by atoms with E-state index in [1.54, 1.807) is 0 Å². The van der Waals surface area contributed by atoms with Gasteiger partial charge in [-0.1, -0.05) is 10.1 Å². The van der Waals surface area contributed by atoms with E-state index in [-0.39, 0.29) is 40.9 Å². The first-order valence-corrected chi connectivity index (χ1v) is 34.4. The Morgan fingerprint density at radius 1 is 0.506 bits per heavy atom. The molecule has 0 bridgehead atoms. The number of nitrogens with one attached hydrogen (secondary N) is 2. The van der Waals surface area contributed by atoms with Gasteiger partial charge in [0, 0.05) is 14.0 Å². The molecule has 48 heteroatoms. The normalized spacial score (nSPS) is 13.1. The lowest BCUT2D eigenvalue weighted by Gasteiger charge is -2.13. The van der Waals surface area contributed by atoms with Crippen LogP contribution in [0, 0.1) is 0 Å². The van der Waals surface area contributed by atoms with Crippen molar-refractivity contribution in [1.82, 2.24) is 0 Å². The smallest absolute Gasteiger partial charge is 0.395 e. The monoisotopic (exact) mass is 1400 g/mol. The average Bonchev–Trinajstić information content (AvgIpc) is 1.15. The summed E-state index contributed by atoms with van der Waals surface area (Å²) in [6.45, 7) is -1.15. The maximum Gasteiger partial charge on any atom is 0.397 e. The van der Waals surface area contributed by atoms with E-state index in [0.717, 1.165) is 49.4 Å². The zero-order valence-corrected chi connectivity index (χ0v) is 50.6. The molecule has 0 fully saturated rings. The van der Waals surface area contributed by atoms with E-state index < -0.39 is 189 Å². The summed E-state index contributed by atoms with van der Waals surface area (Å²) in [5.41, 5.74) is 0.373. The van der Waals surface area contributed by atoms with Crippen LogP contribution in [0.5, 0.6) is 0 Å². The Labute approximate surface area is 500 Å². The Morgan fingerprint density at radius 3 is 1.40 bits per heavy atom. The van der Waals surface area contributed by atoms with Crippen molar-refractivity contribution in [3.63, 3.8) is 0 Å². The molecule has 0 unspecified atom stereocenters. The summed E-state index contributed by atoms with van der Waals surface area (Å²) in [7, 11) is -33.2. The Kier molecular flexibility index (Phi) is 24.6. The van der Waals surface area contributed by atoms with E-state index in [1.807, 2.05) is 0 Å². The molecule has 0 aliphatic rings. The fourth-order valence-corrected chi connectivity index (χ4v) is 12.9. The predicted molar refractivity (Wildman–Crippen MR) is 297 cm³/mol. The van der Waals surface area contributed by atoms with Crippen molar-refractivity contribution < 1.29 is 124 Å². The molecule has 87 heavy (non-hydrogen) atoms. The van der Waals surface area contributed by atoms with Crippen LogP contribution >= 0.6 is 24.6 Å². The number of carbonyl (C=O) groups excluding carboxylic acids is 1. The third-order valence-electron chi connectivity index (χ3n) is 10.3. The van der Waals surface area contributed by atoms with Crippen molar-refractivity contribution in [2.24, 2.45) is 40.9 Å². The number of hydrogen-bond acceptors (Lipinski definition) is 36. The molecule has 0 spiro atoms. The average molecular weight is 1400 g/mol. The van der Waals surface area contributed by atoms with Crippen LogP contribution < -0.4 is 16.4 Å². The molecule has 0 atom stereocenters. The highest BCUT2D eigenvalue weighted by Gasteiger charge is 2.27. The lowest BCUT2D eigenvalue weighted by Crippen LogP contribution is -2.16. The van der Waals surface area contributed by atoms with Gasteiger partial charge in [0.15, 0.2) is 54.2 Å². The SMILES string of the molecule is CNc1c(/N=N/c2ccc(S(=O)(=O)CCOSOOO)cc2S(=O)(=O)O)cc(/N=N/c2cc(NC(C)=O)c(/N=N/c3ccc(S(=O)(=O)CCOSOOO)cc3)cc2S(=O)(=O)O)c(N)c1/N=N/c1ccc(S(=O)(=O)CCOS(=O)(=O)O)cc1S(=O)(=O)O. The maximum absolute atomic E-state index is 13.1. The number of nitrogens with zero attached hydrogens (tertiary/aromatic N) is 8. The highest BCUT2D eigenvalue weighted by molar-refractivity contribution is 7.92. The number of azo groups is 4. The van der Waals surface area contributed by atoms with Crippen molar-refractivity contribution >= 4 is 163 Å². The topological polar surface area (TPSA) is 591 Å². The van der Waals surface area contributed by atoms with Gasteiger partial charge in [0.25, 0.3) is 30.4 Å². The van der Waals surface area contributed by atoms with Crippen molar-refractivity contribution in [3.8, 4) is 0 Å². The zero-order valence-electron chi connectivity index (χ0n) is 43.2. The lowest BCUT2D eigenvalue weighted by molar-refractivity contribution is -0.434. The van der Waals surface area contributed by atoms with Crippen molar-refractivity contribution in [2.45, 2.75) is 36.3 Å². The van der Waals surface area contributed by atoms with Gasteiger partial charge in [-0.3, -0.25) is 31.4 Å². The summed E-state index contributed by atoms with van der Waals surface area (Å²) >= 11 is 0.185. The molecule has 0 radical (unpaired) electrons. The quantitative estimate of drug-likeness (QED) is 0.00406. The van der Waals surface area contributed by atoms with Crippen LogP contribution in [0.2, 0.25) is 0 Å². The minimum atomic E-state index is -5.46. The number of hydrogen-bond donors (Lipinski definition) is 9. The molecule has 5 aromatic rings. The van der Waals surface area contributed by atoms with Gasteiger partial charge < -0.3 is 16.4 Å². The molecule has 10 N–H and O–H groups in total. The van der Waals surface area contributed by atoms with Gasteiger partial charge in [-0.2, -0.15) is 38.8 Å². The molecule has 474 valence electrons. The highest BCUT2D eigenvalue weighted by Crippen LogP contribution is 2.48. The van der Waals surface area contributed by atoms with Crippen LogP contribution in [-0.4, -0.2) is 138 Å². The van der Waals surface area contributed by atoms with E-state index in [2.05, 4.69) is 74.5 Å². The summed E-state index contributed by atoms with van der Waals surface area (Å²) < 4.78 is 237. The molecule has 0 aliphatic heterocycles. The summed E-state index contributed by atoms with van der Waals surface area (Å²) in [5.74, 6) is -3.35. The number of carbonyl (C=O) groups is 1. The molecule has 0 heterocycles. The highest BCUT2D eigenvalue weighted by atomic mass is 32.3. The Bertz CT molecular complexity index is 4350. The first kappa shape index (κ1) is 71.2. The van der Waals surface area contributed by atoms with Gasteiger partial charge >= 0.3 is 10.4 Å². The van der Waals surface area contributed by atoms with Gasteiger partial charge in [0.2, 0.25) is 5.91 Å². The number of sulfone groups is 3. The fourth-order valence-electron chi connectivity index (χ4n) is 6.51. The summed E-state index contributed by atoms with van der Waals surface area (Å²) in [5, 5.41) is 59.3. The van der Waals surface area contributed by atoms with Crippen molar-refractivity contribution in [1.29, 1.82) is 0 Å². The first-order valence-electron chi connectivity index (χ1n) is 22.4. The van der Waals surface area contributed by atoms with Crippen LogP contribution in [0.4, 0.5) is 62.6 Å². The van der Waals surface area contributed by atoms with Gasteiger partial charge in [-0.15, -0.1) is 44.5 Å². The van der Waals surface area contributed by atoms with E-state index in [4.69, 9.17) is 29.2 Å². The number of amides is 1. The van der Waals surface area contributed by atoms with Crippen LogP contribution in [0.25, 0.3) is 0 Å². The number of nitrogen functional groups attached to an aromatic ring is 1. The Hall–Kier alpha value is -6.60. The summed E-state index contributed by atoms with van der Waals surface area (Å²) in [6, 6.07) is 10.9. The second-order valence-corrected chi connectivity index (χ2v) is 28.7. The van der Waals surface area contributed by atoms with Gasteiger partial charge in [-0.05, 0) is 78.9 Å². The molecular formula is C39H41N11O28S9. The second-order valence-electron chi connectivity index (χ2n) is 16.1. The third kappa shape index (κ3) is 20.8. The molecule has 5 aromatic carbocycles. The number of rotatable bonds is 32. The molecule has 0 saturated carbocycles. The van der Waals surface area contributed by atoms with E-state index in [9.17, 15) is 77.4 Å². The minimum Gasteiger partial charge on any atom is -0.395 e. The largest absolute Gasteiger partial charge is 0.397 e. The van der Waals surface area contributed by atoms with Crippen LogP contribution in [-0.2, 0) is 106 Å². The standard InChI is InChI=1S/C39H41N11O28S9/c1-22(51)42-29-19-31(36(86(66,67)68)21-30(29)46-43-23-3-5-24(6-4-23)81(54,55)14-11-72-79-77-75-52)47-48-32-20-33(49-44-27-9-7-25(17-34(27)84(60,61)62)82(56,57)15-12-73-80-78-76-53)38(41-2)39(37(32)40)50-45-28-10-8-26(18-35(28)85(63,64)65)83(58,59)16-13-74-87(69,70)71/h3-10,17-21,41,52-53H,11-16,40H2,1-2H3,(H,42,51)(H,60,61,62)(H,63,64,65)(H,66,67,68)(H,69,70,71)/b46-43+,48-47+,49-44+,50-45+. The van der Waals surface area contributed by atoms with Gasteiger partial charge in [0.1, 0.15) is 54.5 Å². The van der Waals surface area contributed by atoms with E-state index >= 15 is 0 Å². The third-order valence-corrected chi connectivity index (χ3v) is 19.2. The van der Waals surface area contributed by atoms with Crippen LogP contribution in [0.3, 0.4) is 0 Å². The number of nitrogens with two attached hydrogens (primary N) is 1. The molecule has 1 amide bonds. The van der Waals surface area contributed by atoms with Crippen molar-refractivity contribution in [2.75, 3.05) is 60.5 Å². The van der Waals surface area contributed by atoms with Crippen LogP contribution in [0.15, 0.2) is 149 Å². The van der Waals surface area contributed by atoms with Gasteiger partial charge in [-0.25, -0.2) is 40.0 Å². The Morgan fingerprint density at radius 2 is 0.931 bits per heavy atom. The van der Waals surface area contributed by atoms with E-state index in [0.29, 0.717) is 24.3 Å². The molecule has 0 aromatic heterocycles. The molecule has 39 nitrogen and oxygen atoms in total. The summed E-state index contributed by atoms with van der Waals surface area (Å²) in [6.07, 6.45) is 0.